The zero-order valence-corrected chi connectivity index (χ0v) is 33.3. The van der Waals surface area contributed by atoms with Gasteiger partial charge in [0.2, 0.25) is 0 Å². The van der Waals surface area contributed by atoms with Crippen LogP contribution in [0.2, 0.25) is 0 Å². The first-order valence-corrected chi connectivity index (χ1v) is 22.7. The lowest BCUT2D eigenvalue weighted by Gasteiger charge is -2.39. The third-order valence-corrected chi connectivity index (χ3v) is 12.1. The van der Waals surface area contributed by atoms with Crippen LogP contribution >= 0.6 is 0 Å². The van der Waals surface area contributed by atoms with Gasteiger partial charge in [0, 0.05) is 23.0 Å². The van der Waals surface area contributed by atoms with Gasteiger partial charge in [-0.2, -0.15) is 0 Å². The smallest absolute Gasteiger partial charge is 0.123 e. The first-order chi connectivity index (χ1) is 24.8. The van der Waals surface area contributed by atoms with E-state index in [4.69, 9.17) is 9.47 Å². The molecule has 1 aromatic carbocycles. The van der Waals surface area contributed by atoms with Crippen molar-refractivity contribution >= 4 is 0 Å². The van der Waals surface area contributed by atoms with Crippen LogP contribution in [0.1, 0.15) is 242 Å². The Labute approximate surface area is 311 Å². The second kappa shape index (κ2) is 26.1. The van der Waals surface area contributed by atoms with Gasteiger partial charge in [-0.1, -0.05) is 180 Å². The predicted molar refractivity (Wildman–Crippen MR) is 218 cm³/mol. The second-order valence-electron chi connectivity index (χ2n) is 16.4. The maximum Gasteiger partial charge on any atom is 0.123 e. The monoisotopic (exact) mass is 689 g/mol. The van der Waals surface area contributed by atoms with Crippen molar-refractivity contribution in [1.29, 1.82) is 0 Å². The summed E-state index contributed by atoms with van der Waals surface area (Å²) in [6, 6.07) is 4.63. The highest BCUT2D eigenvalue weighted by atomic mass is 16.5. The molecule has 3 aliphatic carbocycles. The summed E-state index contributed by atoms with van der Waals surface area (Å²) in [6.07, 6.45) is 48.4. The Morgan fingerprint density at radius 1 is 0.420 bits per heavy atom. The summed E-state index contributed by atoms with van der Waals surface area (Å²) in [5.41, 5.74) is 6.38. The Balaban J connectivity index is 1.45. The van der Waals surface area contributed by atoms with Crippen LogP contribution < -0.4 is 9.47 Å². The molecule has 4 rings (SSSR count). The van der Waals surface area contributed by atoms with E-state index in [1.165, 1.54) is 228 Å². The normalized spacial score (nSPS) is 21.7. The van der Waals surface area contributed by atoms with E-state index in [1.807, 2.05) is 0 Å². The molecule has 0 heterocycles. The number of fused-ring (bicyclic) bond motifs is 6. The van der Waals surface area contributed by atoms with Crippen LogP contribution in [0.15, 0.2) is 35.4 Å². The van der Waals surface area contributed by atoms with Crippen LogP contribution in [0.3, 0.4) is 0 Å². The topological polar surface area (TPSA) is 18.5 Å². The summed E-state index contributed by atoms with van der Waals surface area (Å²) in [4.78, 5) is 0. The standard InChI is InChI=1S/C48H80O2/c1-3-5-7-9-11-13-15-17-25-31-39-49-45-37-38-46(50-40-32-26-18-16-14-12-10-8-6-4-2)48-44-36-30-24-20-22-28-34-42(44)41-33-27-21-19-23-29-35-43(41)47(45)48/h33-34,37-38,43-44H,3-32,35-36,39-40H2,1-2H3/b41-33-,42-34-/t43-,44+. The third kappa shape index (κ3) is 14.4. The highest BCUT2D eigenvalue weighted by Gasteiger charge is 2.39. The van der Waals surface area contributed by atoms with Gasteiger partial charge in [0.05, 0.1) is 13.2 Å². The lowest BCUT2D eigenvalue weighted by atomic mass is 9.66. The molecule has 0 aliphatic heterocycles. The molecule has 0 N–H and O–H groups in total. The van der Waals surface area contributed by atoms with Gasteiger partial charge >= 0.3 is 0 Å². The second-order valence-corrected chi connectivity index (χ2v) is 16.4. The van der Waals surface area contributed by atoms with Gasteiger partial charge in [0.1, 0.15) is 11.5 Å². The number of hydrogen-bond acceptors (Lipinski definition) is 2. The van der Waals surface area contributed by atoms with E-state index in [9.17, 15) is 0 Å². The van der Waals surface area contributed by atoms with Gasteiger partial charge in [-0.3, -0.25) is 0 Å². The summed E-state index contributed by atoms with van der Waals surface area (Å²) in [7, 11) is 0. The van der Waals surface area contributed by atoms with Crippen molar-refractivity contribution in [2.75, 3.05) is 13.2 Å². The molecule has 3 aliphatic rings. The molecule has 0 saturated carbocycles. The molecule has 284 valence electrons. The summed E-state index contributed by atoms with van der Waals surface area (Å²) in [5, 5.41) is 0. The molecule has 2 nitrogen and oxygen atoms in total. The molecule has 0 aromatic heterocycles. The minimum Gasteiger partial charge on any atom is -0.493 e. The lowest BCUT2D eigenvalue weighted by Crippen LogP contribution is -2.23. The first kappa shape index (κ1) is 41.1. The first-order valence-electron chi connectivity index (χ1n) is 22.7. The molecular formula is C48H80O2. The van der Waals surface area contributed by atoms with Crippen LogP contribution in [0.5, 0.6) is 11.5 Å². The fourth-order valence-corrected chi connectivity index (χ4v) is 9.15. The minimum atomic E-state index is 0.454. The van der Waals surface area contributed by atoms with Crippen molar-refractivity contribution in [3.8, 4) is 11.5 Å². The van der Waals surface area contributed by atoms with Crippen LogP contribution in [-0.4, -0.2) is 13.2 Å². The molecule has 0 fully saturated rings. The third-order valence-electron chi connectivity index (χ3n) is 12.1. The number of unbranched alkanes of at least 4 members (excludes halogenated alkanes) is 18. The highest BCUT2D eigenvalue weighted by molar-refractivity contribution is 5.64. The van der Waals surface area contributed by atoms with Crippen molar-refractivity contribution in [3.05, 3.63) is 46.6 Å². The maximum atomic E-state index is 6.85. The molecule has 0 saturated heterocycles. The van der Waals surface area contributed by atoms with Gasteiger partial charge < -0.3 is 9.47 Å². The molecule has 2 atom stereocenters. The molecule has 0 unspecified atom stereocenters. The number of rotatable bonds is 24. The van der Waals surface area contributed by atoms with Gasteiger partial charge in [-0.05, 0) is 74.6 Å². The molecule has 0 bridgehead atoms. The van der Waals surface area contributed by atoms with E-state index < -0.39 is 0 Å². The summed E-state index contributed by atoms with van der Waals surface area (Å²) in [6.45, 7) is 6.31. The molecular weight excluding hydrogens is 609 g/mol. The number of ether oxygens (including phenoxy) is 2. The van der Waals surface area contributed by atoms with Crippen molar-refractivity contribution < 1.29 is 9.47 Å². The van der Waals surface area contributed by atoms with Crippen molar-refractivity contribution in [3.63, 3.8) is 0 Å². The number of benzene rings is 1. The quantitative estimate of drug-likeness (QED) is 0.101. The Bertz CT molecular complexity index is 997. The number of hydrogen-bond donors (Lipinski definition) is 0. The van der Waals surface area contributed by atoms with E-state index in [0.717, 1.165) is 13.2 Å². The highest BCUT2D eigenvalue weighted by Crippen LogP contribution is 2.56. The number of allylic oxidation sites excluding steroid dienone is 4. The van der Waals surface area contributed by atoms with E-state index in [1.54, 1.807) is 11.1 Å². The van der Waals surface area contributed by atoms with E-state index in [2.05, 4.69) is 38.1 Å². The van der Waals surface area contributed by atoms with E-state index >= 15 is 0 Å². The van der Waals surface area contributed by atoms with Crippen LogP contribution in [0, 0.1) is 0 Å². The molecule has 2 heteroatoms. The fraction of sp³-hybridized carbons (Fsp3) is 0.792. The molecule has 1 aromatic rings. The fourth-order valence-electron chi connectivity index (χ4n) is 9.15. The Kier molecular flexibility index (Phi) is 21.5. The summed E-state index contributed by atoms with van der Waals surface area (Å²) < 4.78 is 13.7. The van der Waals surface area contributed by atoms with Gasteiger partial charge in [-0.15, -0.1) is 0 Å². The van der Waals surface area contributed by atoms with Gasteiger partial charge in [0.15, 0.2) is 0 Å². The van der Waals surface area contributed by atoms with Gasteiger partial charge in [0.25, 0.3) is 0 Å². The van der Waals surface area contributed by atoms with E-state index in [-0.39, 0.29) is 0 Å². The maximum absolute atomic E-state index is 6.85. The average Bonchev–Trinajstić information content (AvgIpc) is 3.34. The Hall–Kier alpha value is -1.70. The van der Waals surface area contributed by atoms with Crippen molar-refractivity contribution in [2.45, 2.75) is 231 Å². The Morgan fingerprint density at radius 3 is 1.14 bits per heavy atom. The lowest BCUT2D eigenvalue weighted by molar-refractivity contribution is 0.287. The summed E-state index contributed by atoms with van der Waals surface area (Å²) in [5.74, 6) is 3.26. The summed E-state index contributed by atoms with van der Waals surface area (Å²) >= 11 is 0. The Morgan fingerprint density at radius 2 is 0.760 bits per heavy atom. The van der Waals surface area contributed by atoms with Crippen molar-refractivity contribution in [1.82, 2.24) is 0 Å². The predicted octanol–water partition coefficient (Wildman–Crippen LogP) is 16.0. The zero-order chi connectivity index (χ0) is 34.9. The van der Waals surface area contributed by atoms with Crippen LogP contribution in [-0.2, 0) is 0 Å². The molecule has 50 heavy (non-hydrogen) atoms. The SMILES string of the molecule is CCCCCCCCCCCCOc1ccc(OCCCCCCCCCCCC)c2c1[C@@H]1CCCCCC/C=C1/C1=C/CCCCCC[C@@H]12. The molecule has 0 radical (unpaired) electrons. The van der Waals surface area contributed by atoms with E-state index in [0.29, 0.717) is 11.8 Å². The van der Waals surface area contributed by atoms with Crippen molar-refractivity contribution in [2.24, 2.45) is 0 Å². The van der Waals surface area contributed by atoms with Crippen LogP contribution in [0.25, 0.3) is 0 Å². The largest absolute Gasteiger partial charge is 0.493 e. The average molecular weight is 689 g/mol. The van der Waals surface area contributed by atoms with Gasteiger partial charge in [-0.25, -0.2) is 0 Å². The molecule has 0 amide bonds. The van der Waals surface area contributed by atoms with Crippen LogP contribution in [0.4, 0.5) is 0 Å². The minimum absolute atomic E-state index is 0.454. The molecule has 0 spiro atoms. The zero-order valence-electron chi connectivity index (χ0n) is 33.3.